The number of hydrogen-bond acceptors (Lipinski definition) is 2. The molecule has 1 rings (SSSR count). The summed E-state index contributed by atoms with van der Waals surface area (Å²) in [6.45, 7) is 3.88. The minimum absolute atomic E-state index is 0.260. The van der Waals surface area contributed by atoms with Crippen LogP contribution in [0.25, 0.3) is 0 Å². The van der Waals surface area contributed by atoms with E-state index >= 15 is 0 Å². The van der Waals surface area contributed by atoms with Crippen LogP contribution in [0.5, 0.6) is 0 Å². The molecule has 0 aliphatic rings. The SMILES string of the molecule is COC(C)(C)CC(=O)CCc1ccccc1. The second-order valence-corrected chi connectivity index (χ2v) is 4.66. The van der Waals surface area contributed by atoms with Crippen molar-refractivity contribution in [1.82, 2.24) is 0 Å². The minimum atomic E-state index is -0.340. The van der Waals surface area contributed by atoms with Gasteiger partial charge in [0.15, 0.2) is 0 Å². The maximum absolute atomic E-state index is 11.7. The third-order valence-electron chi connectivity index (χ3n) is 2.71. The van der Waals surface area contributed by atoms with E-state index in [9.17, 15) is 4.79 Å². The number of methoxy groups -OCH3 is 1. The van der Waals surface area contributed by atoms with Crippen LogP contribution >= 0.6 is 0 Å². The van der Waals surface area contributed by atoms with Crippen LogP contribution in [0, 0.1) is 0 Å². The highest BCUT2D eigenvalue weighted by molar-refractivity contribution is 5.79. The van der Waals surface area contributed by atoms with Gasteiger partial charge in [-0.3, -0.25) is 4.79 Å². The van der Waals surface area contributed by atoms with Gasteiger partial charge in [-0.2, -0.15) is 0 Å². The summed E-state index contributed by atoms with van der Waals surface area (Å²) in [7, 11) is 1.64. The van der Waals surface area contributed by atoms with Crippen molar-refractivity contribution < 1.29 is 9.53 Å². The Balaban J connectivity index is 2.36. The summed E-state index contributed by atoms with van der Waals surface area (Å²) in [5.74, 6) is 0.260. The highest BCUT2D eigenvalue weighted by atomic mass is 16.5. The van der Waals surface area contributed by atoms with E-state index in [-0.39, 0.29) is 11.4 Å². The fraction of sp³-hybridized carbons (Fsp3) is 0.500. The molecule has 0 amide bonds. The molecule has 0 N–H and O–H groups in total. The van der Waals surface area contributed by atoms with Crippen molar-refractivity contribution in [2.24, 2.45) is 0 Å². The lowest BCUT2D eigenvalue weighted by Crippen LogP contribution is -2.26. The number of Topliss-reactive ketones (excluding diaryl/α,β-unsaturated/α-hetero) is 1. The van der Waals surface area contributed by atoms with E-state index in [2.05, 4.69) is 12.1 Å². The van der Waals surface area contributed by atoms with Crippen LogP contribution in [-0.2, 0) is 16.0 Å². The van der Waals surface area contributed by atoms with E-state index in [1.807, 2.05) is 32.0 Å². The quantitative estimate of drug-likeness (QED) is 0.736. The van der Waals surface area contributed by atoms with Crippen LogP contribution in [0.15, 0.2) is 30.3 Å². The van der Waals surface area contributed by atoms with Crippen LogP contribution in [0.4, 0.5) is 0 Å². The van der Waals surface area contributed by atoms with Gasteiger partial charge in [-0.15, -0.1) is 0 Å². The molecule has 1 aromatic rings. The largest absolute Gasteiger partial charge is 0.378 e. The molecule has 0 unspecified atom stereocenters. The van der Waals surface area contributed by atoms with Gasteiger partial charge in [-0.25, -0.2) is 0 Å². The van der Waals surface area contributed by atoms with Crippen molar-refractivity contribution in [1.29, 1.82) is 0 Å². The number of ether oxygens (including phenoxy) is 1. The average molecular weight is 220 g/mol. The summed E-state index contributed by atoms with van der Waals surface area (Å²) >= 11 is 0. The topological polar surface area (TPSA) is 26.3 Å². The Morgan fingerprint density at radius 1 is 1.25 bits per heavy atom. The molecule has 88 valence electrons. The minimum Gasteiger partial charge on any atom is -0.378 e. The van der Waals surface area contributed by atoms with Gasteiger partial charge in [0.25, 0.3) is 0 Å². The molecular weight excluding hydrogens is 200 g/mol. The molecule has 0 aliphatic heterocycles. The van der Waals surface area contributed by atoms with Gasteiger partial charge < -0.3 is 4.74 Å². The molecule has 2 heteroatoms. The Hall–Kier alpha value is -1.15. The predicted molar refractivity (Wildman–Crippen MR) is 65.5 cm³/mol. The predicted octanol–water partition coefficient (Wildman–Crippen LogP) is 3.00. The Bertz CT molecular complexity index is 328. The van der Waals surface area contributed by atoms with Crippen molar-refractivity contribution in [3.05, 3.63) is 35.9 Å². The van der Waals surface area contributed by atoms with Crippen LogP contribution in [0.2, 0.25) is 0 Å². The van der Waals surface area contributed by atoms with Crippen molar-refractivity contribution in [2.75, 3.05) is 7.11 Å². The molecule has 1 aromatic carbocycles. The van der Waals surface area contributed by atoms with E-state index < -0.39 is 0 Å². The molecule has 0 aromatic heterocycles. The van der Waals surface area contributed by atoms with Crippen molar-refractivity contribution >= 4 is 5.78 Å². The molecule has 0 radical (unpaired) electrons. The first kappa shape index (κ1) is 12.9. The molecule has 16 heavy (non-hydrogen) atoms. The molecular formula is C14H20O2. The van der Waals surface area contributed by atoms with Crippen molar-refractivity contribution in [3.8, 4) is 0 Å². The fourth-order valence-electron chi connectivity index (χ4n) is 1.56. The van der Waals surface area contributed by atoms with E-state index in [0.29, 0.717) is 12.8 Å². The van der Waals surface area contributed by atoms with Gasteiger partial charge >= 0.3 is 0 Å². The third-order valence-corrected chi connectivity index (χ3v) is 2.71. The smallest absolute Gasteiger partial charge is 0.136 e. The maximum atomic E-state index is 11.7. The van der Waals surface area contributed by atoms with Crippen LogP contribution in [0.1, 0.15) is 32.3 Å². The lowest BCUT2D eigenvalue weighted by atomic mass is 9.97. The molecule has 2 nitrogen and oxygen atoms in total. The molecule has 0 atom stereocenters. The molecule has 0 bridgehead atoms. The number of ketones is 1. The first-order valence-corrected chi connectivity index (χ1v) is 5.64. The van der Waals surface area contributed by atoms with Gasteiger partial charge in [-0.1, -0.05) is 30.3 Å². The van der Waals surface area contributed by atoms with E-state index in [4.69, 9.17) is 4.74 Å². The molecule has 0 saturated heterocycles. The number of carbonyl (C=O) groups is 1. The highest BCUT2D eigenvalue weighted by Crippen LogP contribution is 2.15. The number of aryl methyl sites for hydroxylation is 1. The normalized spacial score (nSPS) is 11.4. The monoisotopic (exact) mass is 220 g/mol. The van der Waals surface area contributed by atoms with E-state index in [0.717, 1.165) is 6.42 Å². The summed E-state index contributed by atoms with van der Waals surface area (Å²) in [5, 5.41) is 0. The van der Waals surface area contributed by atoms with Gasteiger partial charge in [0.1, 0.15) is 5.78 Å². The molecule has 0 aliphatic carbocycles. The Labute approximate surface area is 97.6 Å². The van der Waals surface area contributed by atoms with Crippen LogP contribution < -0.4 is 0 Å². The zero-order valence-corrected chi connectivity index (χ0v) is 10.3. The summed E-state index contributed by atoms with van der Waals surface area (Å²) in [6.07, 6.45) is 1.90. The Morgan fingerprint density at radius 3 is 2.44 bits per heavy atom. The highest BCUT2D eigenvalue weighted by Gasteiger charge is 2.20. The second-order valence-electron chi connectivity index (χ2n) is 4.66. The molecule has 0 spiro atoms. The Morgan fingerprint density at radius 2 is 1.88 bits per heavy atom. The van der Waals surface area contributed by atoms with Crippen LogP contribution in [-0.4, -0.2) is 18.5 Å². The first-order chi connectivity index (χ1) is 7.53. The van der Waals surface area contributed by atoms with Crippen molar-refractivity contribution in [2.45, 2.75) is 38.7 Å². The van der Waals surface area contributed by atoms with Gasteiger partial charge in [0, 0.05) is 20.0 Å². The molecule has 0 saturated carbocycles. The summed E-state index contributed by atoms with van der Waals surface area (Å²) in [4.78, 5) is 11.7. The zero-order valence-electron chi connectivity index (χ0n) is 10.3. The number of carbonyl (C=O) groups excluding carboxylic acids is 1. The first-order valence-electron chi connectivity index (χ1n) is 5.64. The van der Waals surface area contributed by atoms with Crippen molar-refractivity contribution in [3.63, 3.8) is 0 Å². The van der Waals surface area contributed by atoms with Crippen LogP contribution in [0.3, 0.4) is 0 Å². The molecule has 0 fully saturated rings. The number of hydrogen-bond donors (Lipinski definition) is 0. The second kappa shape index (κ2) is 5.80. The lowest BCUT2D eigenvalue weighted by molar-refractivity contribution is -0.124. The zero-order chi connectivity index (χ0) is 12.0. The van der Waals surface area contributed by atoms with Gasteiger partial charge in [0.2, 0.25) is 0 Å². The lowest BCUT2D eigenvalue weighted by Gasteiger charge is -2.21. The van der Waals surface area contributed by atoms with E-state index in [1.165, 1.54) is 5.56 Å². The summed E-state index contributed by atoms with van der Waals surface area (Å²) < 4.78 is 5.24. The number of benzene rings is 1. The molecule has 0 heterocycles. The maximum Gasteiger partial charge on any atom is 0.136 e. The Kier molecular flexibility index (Phi) is 4.69. The average Bonchev–Trinajstić information content (AvgIpc) is 2.27. The van der Waals surface area contributed by atoms with Gasteiger partial charge in [-0.05, 0) is 25.8 Å². The number of rotatable bonds is 6. The van der Waals surface area contributed by atoms with E-state index in [1.54, 1.807) is 7.11 Å². The summed E-state index contributed by atoms with van der Waals surface area (Å²) in [6, 6.07) is 10.1. The van der Waals surface area contributed by atoms with Gasteiger partial charge in [0.05, 0.1) is 5.60 Å². The third kappa shape index (κ3) is 4.58. The summed E-state index contributed by atoms with van der Waals surface area (Å²) in [5.41, 5.74) is 0.874. The standard InChI is InChI=1S/C14H20O2/c1-14(2,16-3)11-13(15)10-9-12-7-5-4-6-8-12/h4-8H,9-11H2,1-3H3. The fourth-order valence-corrected chi connectivity index (χ4v) is 1.56.